The lowest BCUT2D eigenvalue weighted by Gasteiger charge is -2.04. The third-order valence-corrected chi connectivity index (χ3v) is 2.90. The number of hydrogen-bond donors (Lipinski definition) is 0. The fourth-order valence-electron chi connectivity index (χ4n) is 1.30. The summed E-state index contributed by atoms with van der Waals surface area (Å²) >= 11 is 8.20. The molecule has 15 heavy (non-hydrogen) atoms. The standard InChI is InChI=1S/C10H9ClIN3/c1-7-2-3-8(9(11)4-7)5-15-6-13-10(12)14-15/h2-4,6H,5H2,1H3. The van der Waals surface area contributed by atoms with E-state index in [1.165, 1.54) is 0 Å². The van der Waals surface area contributed by atoms with E-state index in [9.17, 15) is 0 Å². The summed E-state index contributed by atoms with van der Waals surface area (Å²) in [6, 6.07) is 6.02. The Labute approximate surface area is 107 Å². The molecule has 0 N–H and O–H groups in total. The Kier molecular flexibility index (Phi) is 3.25. The molecule has 0 aliphatic heterocycles. The minimum absolute atomic E-state index is 0.662. The van der Waals surface area contributed by atoms with Gasteiger partial charge in [-0.15, -0.1) is 5.10 Å². The van der Waals surface area contributed by atoms with Crippen molar-refractivity contribution < 1.29 is 0 Å². The summed E-state index contributed by atoms with van der Waals surface area (Å²) < 4.78 is 2.52. The first-order valence-corrected chi connectivity index (χ1v) is 5.91. The molecule has 5 heteroatoms. The van der Waals surface area contributed by atoms with Gasteiger partial charge in [0.2, 0.25) is 3.83 Å². The van der Waals surface area contributed by atoms with Crippen LogP contribution >= 0.6 is 34.2 Å². The Morgan fingerprint density at radius 2 is 2.27 bits per heavy atom. The molecule has 3 nitrogen and oxygen atoms in total. The maximum Gasteiger partial charge on any atom is 0.211 e. The molecule has 0 aliphatic carbocycles. The van der Waals surface area contributed by atoms with Crippen molar-refractivity contribution in [2.75, 3.05) is 0 Å². The molecule has 0 fully saturated rings. The highest BCUT2D eigenvalue weighted by Crippen LogP contribution is 2.18. The van der Waals surface area contributed by atoms with Gasteiger partial charge in [-0.05, 0) is 24.1 Å². The molecule has 0 spiro atoms. The van der Waals surface area contributed by atoms with Gasteiger partial charge in [-0.1, -0.05) is 23.7 Å². The van der Waals surface area contributed by atoms with Crippen LogP contribution in [0.1, 0.15) is 11.1 Å². The molecule has 0 saturated carbocycles. The number of aryl methyl sites for hydroxylation is 1. The summed E-state index contributed by atoms with van der Waals surface area (Å²) in [7, 11) is 0. The Hall–Kier alpha value is -0.620. The number of nitrogens with zero attached hydrogens (tertiary/aromatic N) is 3. The maximum absolute atomic E-state index is 6.12. The molecule has 0 atom stereocenters. The lowest BCUT2D eigenvalue weighted by Crippen LogP contribution is -2.01. The first-order chi connectivity index (χ1) is 7.15. The van der Waals surface area contributed by atoms with Crippen molar-refractivity contribution in [3.05, 3.63) is 44.5 Å². The monoisotopic (exact) mass is 333 g/mol. The van der Waals surface area contributed by atoms with Crippen LogP contribution in [0.3, 0.4) is 0 Å². The first kappa shape index (κ1) is 10.9. The zero-order chi connectivity index (χ0) is 10.8. The van der Waals surface area contributed by atoms with E-state index in [0.717, 1.165) is 20.0 Å². The molecule has 0 saturated heterocycles. The van der Waals surface area contributed by atoms with Crippen LogP contribution in [-0.2, 0) is 6.54 Å². The molecule has 1 aromatic carbocycles. The largest absolute Gasteiger partial charge is 0.247 e. The zero-order valence-corrected chi connectivity index (χ0v) is 11.0. The maximum atomic E-state index is 6.12. The molecule has 1 aromatic heterocycles. The van der Waals surface area contributed by atoms with Gasteiger partial charge >= 0.3 is 0 Å². The van der Waals surface area contributed by atoms with E-state index in [0.29, 0.717) is 6.54 Å². The topological polar surface area (TPSA) is 30.7 Å². The van der Waals surface area contributed by atoms with Crippen LogP contribution < -0.4 is 0 Å². The molecule has 1 heterocycles. The van der Waals surface area contributed by atoms with Gasteiger partial charge in [-0.2, -0.15) is 0 Å². The van der Waals surface area contributed by atoms with Crippen LogP contribution in [0.4, 0.5) is 0 Å². The van der Waals surface area contributed by atoms with Crippen molar-refractivity contribution in [2.24, 2.45) is 0 Å². The number of rotatable bonds is 2. The molecule has 2 rings (SSSR count). The lowest BCUT2D eigenvalue weighted by atomic mass is 10.1. The Morgan fingerprint density at radius 3 is 2.87 bits per heavy atom. The zero-order valence-electron chi connectivity index (χ0n) is 8.11. The van der Waals surface area contributed by atoms with Crippen molar-refractivity contribution in [2.45, 2.75) is 13.5 Å². The van der Waals surface area contributed by atoms with Crippen LogP contribution in [0, 0.1) is 10.8 Å². The quantitative estimate of drug-likeness (QED) is 0.791. The van der Waals surface area contributed by atoms with Gasteiger partial charge in [-0.25, -0.2) is 9.67 Å². The van der Waals surface area contributed by atoms with Crippen molar-refractivity contribution >= 4 is 34.2 Å². The van der Waals surface area contributed by atoms with E-state index >= 15 is 0 Å². The SMILES string of the molecule is Cc1ccc(Cn2cnc(I)n2)c(Cl)c1. The predicted octanol–water partition coefficient (Wildman–Crippen LogP) is 2.89. The first-order valence-electron chi connectivity index (χ1n) is 4.45. The molecular formula is C10H9ClIN3. The normalized spacial score (nSPS) is 10.6. The molecule has 0 amide bonds. The highest BCUT2D eigenvalue weighted by molar-refractivity contribution is 14.1. The number of hydrogen-bond acceptors (Lipinski definition) is 2. The smallest absolute Gasteiger partial charge is 0.211 e. The highest BCUT2D eigenvalue weighted by atomic mass is 127. The van der Waals surface area contributed by atoms with Gasteiger partial charge < -0.3 is 0 Å². The molecule has 0 radical (unpaired) electrons. The van der Waals surface area contributed by atoms with E-state index in [1.807, 2.05) is 25.1 Å². The summed E-state index contributed by atoms with van der Waals surface area (Å²) in [5, 5.41) is 4.98. The summed E-state index contributed by atoms with van der Waals surface area (Å²) in [6.07, 6.45) is 1.71. The lowest BCUT2D eigenvalue weighted by molar-refractivity contribution is 0.680. The molecule has 2 aromatic rings. The second-order valence-electron chi connectivity index (χ2n) is 3.31. The van der Waals surface area contributed by atoms with Gasteiger partial charge in [0.25, 0.3) is 0 Å². The Bertz CT molecular complexity index is 481. The average molecular weight is 334 g/mol. The van der Waals surface area contributed by atoms with Gasteiger partial charge in [0.15, 0.2) is 0 Å². The van der Waals surface area contributed by atoms with Crippen molar-refractivity contribution in [3.63, 3.8) is 0 Å². The van der Waals surface area contributed by atoms with Crippen LogP contribution in [0.25, 0.3) is 0 Å². The molecule has 0 bridgehead atoms. The summed E-state index contributed by atoms with van der Waals surface area (Å²) in [5.74, 6) is 0. The van der Waals surface area contributed by atoms with E-state index in [-0.39, 0.29) is 0 Å². The van der Waals surface area contributed by atoms with Crippen LogP contribution in [0.15, 0.2) is 24.5 Å². The minimum atomic E-state index is 0.662. The third kappa shape index (κ3) is 2.69. The van der Waals surface area contributed by atoms with Crippen LogP contribution in [-0.4, -0.2) is 14.8 Å². The van der Waals surface area contributed by atoms with Crippen LogP contribution in [0.5, 0.6) is 0 Å². The van der Waals surface area contributed by atoms with E-state index < -0.39 is 0 Å². The third-order valence-electron chi connectivity index (χ3n) is 2.05. The van der Waals surface area contributed by atoms with Crippen molar-refractivity contribution in [3.8, 4) is 0 Å². The van der Waals surface area contributed by atoms with Gasteiger partial charge in [0.1, 0.15) is 6.33 Å². The fraction of sp³-hybridized carbons (Fsp3) is 0.200. The molecule has 0 aliphatic rings. The second kappa shape index (κ2) is 4.49. The van der Waals surface area contributed by atoms with E-state index in [2.05, 4.69) is 32.7 Å². The van der Waals surface area contributed by atoms with Gasteiger partial charge in [0.05, 0.1) is 6.54 Å². The summed E-state index contributed by atoms with van der Waals surface area (Å²) in [6.45, 7) is 2.68. The second-order valence-corrected chi connectivity index (χ2v) is 4.68. The fourth-order valence-corrected chi connectivity index (χ4v) is 2.00. The molecular weight excluding hydrogens is 324 g/mol. The van der Waals surface area contributed by atoms with E-state index in [1.54, 1.807) is 11.0 Å². The summed E-state index contributed by atoms with van der Waals surface area (Å²) in [5.41, 5.74) is 2.22. The number of halogens is 2. The number of aromatic nitrogens is 3. The molecule has 0 unspecified atom stereocenters. The Morgan fingerprint density at radius 1 is 1.47 bits per heavy atom. The minimum Gasteiger partial charge on any atom is -0.247 e. The number of benzene rings is 1. The van der Waals surface area contributed by atoms with Crippen LogP contribution in [0.2, 0.25) is 5.02 Å². The van der Waals surface area contributed by atoms with E-state index in [4.69, 9.17) is 11.6 Å². The Balaban J connectivity index is 2.24. The van der Waals surface area contributed by atoms with Gasteiger partial charge in [0, 0.05) is 27.6 Å². The van der Waals surface area contributed by atoms with Crippen molar-refractivity contribution in [1.29, 1.82) is 0 Å². The molecule has 78 valence electrons. The van der Waals surface area contributed by atoms with Gasteiger partial charge in [-0.3, -0.25) is 0 Å². The highest BCUT2D eigenvalue weighted by Gasteiger charge is 2.03. The predicted molar refractivity (Wildman–Crippen MR) is 68.0 cm³/mol. The van der Waals surface area contributed by atoms with Crippen molar-refractivity contribution in [1.82, 2.24) is 14.8 Å². The summed E-state index contributed by atoms with van der Waals surface area (Å²) in [4.78, 5) is 4.06. The average Bonchev–Trinajstić information content (AvgIpc) is 2.56.